The minimum atomic E-state index is -3.44. The van der Waals surface area contributed by atoms with E-state index in [1.54, 1.807) is 28.5 Å². The minimum Gasteiger partial charge on any atom is -0.338 e. The van der Waals surface area contributed by atoms with Gasteiger partial charge in [-0.05, 0) is 17.0 Å². The predicted molar refractivity (Wildman–Crippen MR) is 111 cm³/mol. The quantitative estimate of drug-likeness (QED) is 0.603. The van der Waals surface area contributed by atoms with Gasteiger partial charge in [0.05, 0.1) is 17.5 Å². The number of nitrogens with zero attached hydrogens (tertiary/aromatic N) is 4. The average molecular weight is 433 g/mol. The molecule has 10 heteroatoms. The maximum atomic E-state index is 12.6. The SMILES string of the molecule is O=C(Cn1cnc2sccc2c1=O)N1CCN(S(=O)(=O)Cc2ccccc2)CC1. The number of fused-ring (bicyclic) bond motifs is 1. The Morgan fingerprint density at radius 2 is 1.79 bits per heavy atom. The van der Waals surface area contributed by atoms with E-state index in [2.05, 4.69) is 4.98 Å². The van der Waals surface area contributed by atoms with Gasteiger partial charge in [0.2, 0.25) is 15.9 Å². The number of sulfonamides is 1. The molecule has 3 heterocycles. The van der Waals surface area contributed by atoms with E-state index in [0.717, 1.165) is 5.56 Å². The highest BCUT2D eigenvalue weighted by atomic mass is 32.2. The van der Waals surface area contributed by atoms with Crippen LogP contribution in [0.15, 0.2) is 52.9 Å². The second-order valence-corrected chi connectivity index (χ2v) is 9.70. The van der Waals surface area contributed by atoms with Crippen molar-refractivity contribution in [3.05, 3.63) is 64.0 Å². The smallest absolute Gasteiger partial charge is 0.262 e. The highest BCUT2D eigenvalue weighted by Crippen LogP contribution is 2.15. The lowest BCUT2D eigenvalue weighted by atomic mass is 10.2. The molecule has 2 aromatic heterocycles. The fourth-order valence-corrected chi connectivity index (χ4v) is 5.58. The van der Waals surface area contributed by atoms with Crippen molar-refractivity contribution in [2.45, 2.75) is 12.3 Å². The van der Waals surface area contributed by atoms with Crippen LogP contribution in [0, 0.1) is 0 Å². The molecule has 1 fully saturated rings. The summed E-state index contributed by atoms with van der Waals surface area (Å²) in [6.45, 7) is 0.995. The van der Waals surface area contributed by atoms with Gasteiger partial charge < -0.3 is 4.90 Å². The van der Waals surface area contributed by atoms with Crippen molar-refractivity contribution >= 4 is 37.5 Å². The van der Waals surface area contributed by atoms with Crippen LogP contribution in [-0.2, 0) is 27.1 Å². The Labute approximate surface area is 172 Å². The van der Waals surface area contributed by atoms with Crippen molar-refractivity contribution < 1.29 is 13.2 Å². The molecule has 1 aromatic carbocycles. The summed E-state index contributed by atoms with van der Waals surface area (Å²) in [6.07, 6.45) is 1.39. The zero-order valence-corrected chi connectivity index (χ0v) is 17.2. The third kappa shape index (κ3) is 4.24. The monoisotopic (exact) mass is 432 g/mol. The summed E-state index contributed by atoms with van der Waals surface area (Å²) in [5, 5.41) is 2.29. The van der Waals surface area contributed by atoms with Gasteiger partial charge in [-0.2, -0.15) is 4.31 Å². The van der Waals surface area contributed by atoms with Crippen molar-refractivity contribution in [3.63, 3.8) is 0 Å². The maximum absolute atomic E-state index is 12.6. The molecule has 0 N–H and O–H groups in total. The number of carbonyl (C=O) groups is 1. The van der Waals surface area contributed by atoms with Crippen LogP contribution in [0.3, 0.4) is 0 Å². The Morgan fingerprint density at radius 1 is 1.07 bits per heavy atom. The van der Waals surface area contributed by atoms with Crippen LogP contribution >= 0.6 is 11.3 Å². The first-order chi connectivity index (χ1) is 13.9. The largest absolute Gasteiger partial charge is 0.338 e. The van der Waals surface area contributed by atoms with Gasteiger partial charge in [0.1, 0.15) is 11.4 Å². The molecule has 4 rings (SSSR count). The van der Waals surface area contributed by atoms with Crippen molar-refractivity contribution in [1.29, 1.82) is 0 Å². The summed E-state index contributed by atoms with van der Waals surface area (Å²) >= 11 is 1.38. The highest BCUT2D eigenvalue weighted by Gasteiger charge is 2.29. The van der Waals surface area contributed by atoms with Crippen molar-refractivity contribution in [1.82, 2.24) is 18.8 Å². The van der Waals surface area contributed by atoms with Crippen LogP contribution < -0.4 is 5.56 Å². The summed E-state index contributed by atoms with van der Waals surface area (Å²) in [7, 11) is -3.44. The summed E-state index contributed by atoms with van der Waals surface area (Å²) in [6, 6.07) is 10.7. The highest BCUT2D eigenvalue weighted by molar-refractivity contribution is 7.88. The lowest BCUT2D eigenvalue weighted by Gasteiger charge is -2.34. The van der Waals surface area contributed by atoms with E-state index in [-0.39, 0.29) is 36.9 Å². The number of benzene rings is 1. The molecule has 0 radical (unpaired) electrons. The predicted octanol–water partition coefficient (Wildman–Crippen LogP) is 1.13. The second kappa shape index (κ2) is 8.05. The Hall–Kier alpha value is -2.56. The number of amides is 1. The number of hydrogen-bond donors (Lipinski definition) is 0. The van der Waals surface area contributed by atoms with E-state index < -0.39 is 10.0 Å². The van der Waals surface area contributed by atoms with Gasteiger partial charge in [-0.15, -0.1) is 11.3 Å². The topological polar surface area (TPSA) is 92.6 Å². The summed E-state index contributed by atoms with van der Waals surface area (Å²) in [5.41, 5.74) is 0.496. The van der Waals surface area contributed by atoms with Crippen LogP contribution in [-0.4, -0.2) is 59.3 Å². The molecule has 1 amide bonds. The first-order valence-corrected chi connectivity index (χ1v) is 11.6. The van der Waals surface area contributed by atoms with E-state index in [1.807, 2.05) is 18.2 Å². The number of carbonyl (C=O) groups excluding carboxylic acids is 1. The number of thiophene rings is 1. The van der Waals surface area contributed by atoms with E-state index in [0.29, 0.717) is 23.3 Å². The van der Waals surface area contributed by atoms with Gasteiger partial charge in [-0.3, -0.25) is 14.2 Å². The second-order valence-electron chi connectivity index (χ2n) is 6.84. The molecule has 8 nitrogen and oxygen atoms in total. The van der Waals surface area contributed by atoms with E-state index in [9.17, 15) is 18.0 Å². The molecule has 1 aliphatic heterocycles. The molecule has 3 aromatic rings. The van der Waals surface area contributed by atoms with Crippen molar-refractivity contribution in [3.8, 4) is 0 Å². The summed E-state index contributed by atoms with van der Waals surface area (Å²) in [4.78, 5) is 31.5. The number of rotatable bonds is 5. The molecule has 0 bridgehead atoms. The normalized spacial score (nSPS) is 15.7. The molecule has 29 heavy (non-hydrogen) atoms. The Balaban J connectivity index is 1.38. The van der Waals surface area contributed by atoms with Crippen LogP contribution in [0.1, 0.15) is 5.56 Å². The van der Waals surface area contributed by atoms with Gasteiger partial charge in [-0.1, -0.05) is 30.3 Å². The van der Waals surface area contributed by atoms with E-state index in [4.69, 9.17) is 0 Å². The lowest BCUT2D eigenvalue weighted by Crippen LogP contribution is -2.51. The van der Waals surface area contributed by atoms with Gasteiger partial charge in [0.15, 0.2) is 0 Å². The number of aromatic nitrogens is 2. The van der Waals surface area contributed by atoms with Crippen LogP contribution in [0.4, 0.5) is 0 Å². The zero-order valence-electron chi connectivity index (χ0n) is 15.6. The summed E-state index contributed by atoms with van der Waals surface area (Å²) < 4.78 is 28.0. The third-order valence-corrected chi connectivity index (χ3v) is 7.60. The Bertz CT molecular complexity index is 1180. The van der Waals surface area contributed by atoms with Gasteiger partial charge in [-0.25, -0.2) is 13.4 Å². The Morgan fingerprint density at radius 3 is 2.52 bits per heavy atom. The number of piperazine rings is 1. The van der Waals surface area contributed by atoms with Crippen LogP contribution in [0.25, 0.3) is 10.2 Å². The minimum absolute atomic E-state index is 0.0521. The molecule has 1 aliphatic rings. The van der Waals surface area contributed by atoms with Gasteiger partial charge >= 0.3 is 0 Å². The average Bonchev–Trinajstić information content (AvgIpc) is 3.20. The molecular weight excluding hydrogens is 412 g/mol. The molecule has 0 atom stereocenters. The third-order valence-electron chi connectivity index (χ3n) is 4.93. The molecule has 0 unspecified atom stereocenters. The fourth-order valence-electron chi connectivity index (χ4n) is 3.34. The van der Waals surface area contributed by atoms with Crippen molar-refractivity contribution in [2.75, 3.05) is 26.2 Å². The summed E-state index contributed by atoms with van der Waals surface area (Å²) in [5.74, 6) is -0.271. The molecule has 1 saturated heterocycles. The Kier molecular flexibility index (Phi) is 5.48. The molecule has 0 aliphatic carbocycles. The first kappa shape index (κ1) is 19.7. The van der Waals surface area contributed by atoms with Gasteiger partial charge in [0, 0.05) is 26.2 Å². The fraction of sp³-hybridized carbons (Fsp3) is 0.316. The standard InChI is InChI=1S/C19H20N4O4S2/c24-17(12-22-14-20-18-16(19(22)25)6-11-28-18)21-7-9-23(10-8-21)29(26,27)13-15-4-2-1-3-5-15/h1-6,11,14H,7-10,12-13H2. The van der Waals surface area contributed by atoms with Crippen LogP contribution in [0.2, 0.25) is 0 Å². The van der Waals surface area contributed by atoms with Crippen molar-refractivity contribution in [2.24, 2.45) is 0 Å². The van der Waals surface area contributed by atoms with Gasteiger partial charge in [0.25, 0.3) is 5.56 Å². The maximum Gasteiger partial charge on any atom is 0.262 e. The zero-order chi connectivity index (χ0) is 20.4. The molecular formula is C19H20N4O4S2. The molecule has 0 spiro atoms. The first-order valence-electron chi connectivity index (χ1n) is 9.16. The molecule has 0 saturated carbocycles. The molecule has 152 valence electrons. The lowest BCUT2D eigenvalue weighted by molar-refractivity contribution is -0.133. The van der Waals surface area contributed by atoms with E-state index in [1.165, 1.54) is 26.5 Å². The van der Waals surface area contributed by atoms with Crippen LogP contribution in [0.5, 0.6) is 0 Å². The van der Waals surface area contributed by atoms with E-state index >= 15 is 0 Å². The number of hydrogen-bond acceptors (Lipinski definition) is 6.